The number of carbonyl (C=O) groups excluding carboxylic acids is 1. The molecule has 1 saturated heterocycles. The number of pyridine rings is 1. The van der Waals surface area contributed by atoms with Gasteiger partial charge in [0.2, 0.25) is 5.91 Å². The molecule has 1 fully saturated rings. The fraction of sp³-hybridized carbons (Fsp3) is 0.300. The number of aromatic nitrogens is 4. The van der Waals surface area contributed by atoms with Crippen molar-refractivity contribution in [2.45, 2.75) is 25.2 Å². The highest BCUT2D eigenvalue weighted by Crippen LogP contribution is 2.28. The Morgan fingerprint density at radius 3 is 2.89 bits per heavy atom. The van der Waals surface area contributed by atoms with Crippen molar-refractivity contribution in [2.24, 2.45) is 0 Å². The van der Waals surface area contributed by atoms with Gasteiger partial charge in [0.15, 0.2) is 11.2 Å². The van der Waals surface area contributed by atoms with E-state index in [1.807, 2.05) is 33.7 Å². The van der Waals surface area contributed by atoms with E-state index in [0.29, 0.717) is 29.8 Å². The molecule has 142 valence electrons. The smallest absolute Gasteiger partial charge is 0.228 e. The second-order valence-corrected chi connectivity index (χ2v) is 7.09. The normalized spacial score (nSPS) is 15.5. The lowest BCUT2D eigenvalue weighted by molar-refractivity contribution is -0.131. The van der Waals surface area contributed by atoms with Gasteiger partial charge < -0.3 is 9.42 Å². The lowest BCUT2D eigenvalue weighted by Crippen LogP contribution is -2.39. The van der Waals surface area contributed by atoms with Crippen molar-refractivity contribution >= 4 is 22.5 Å². The monoisotopic (exact) mass is 379 g/mol. The molecule has 1 aromatic carbocycles. The molecular weight excluding hydrogens is 361 g/mol. The predicted octanol–water partition coefficient (Wildman–Crippen LogP) is 2.96. The molecule has 0 aliphatic carbocycles. The van der Waals surface area contributed by atoms with Crippen LogP contribution in [-0.2, 0) is 11.2 Å². The summed E-state index contributed by atoms with van der Waals surface area (Å²) in [6.07, 6.45) is 3.73. The van der Waals surface area contributed by atoms with Crippen LogP contribution < -0.4 is 0 Å². The second-order valence-electron chi connectivity index (χ2n) is 7.09. The molecule has 0 saturated carbocycles. The minimum atomic E-state index is -0.370. The summed E-state index contributed by atoms with van der Waals surface area (Å²) in [6, 6.07) is 10.0. The fourth-order valence-corrected chi connectivity index (χ4v) is 3.87. The first-order valence-electron chi connectivity index (χ1n) is 9.30. The first-order chi connectivity index (χ1) is 13.7. The summed E-state index contributed by atoms with van der Waals surface area (Å²) in [4.78, 5) is 14.5. The Morgan fingerprint density at radius 2 is 2.04 bits per heavy atom. The number of benzene rings is 1. The van der Waals surface area contributed by atoms with E-state index >= 15 is 0 Å². The van der Waals surface area contributed by atoms with Crippen LogP contribution in [0.15, 0.2) is 47.1 Å². The third-order valence-electron chi connectivity index (χ3n) is 5.38. The summed E-state index contributed by atoms with van der Waals surface area (Å²) in [5, 5.41) is 13.1. The molecule has 5 rings (SSSR count). The Morgan fingerprint density at radius 1 is 1.18 bits per heavy atom. The summed E-state index contributed by atoms with van der Waals surface area (Å²) in [7, 11) is 0. The van der Waals surface area contributed by atoms with Crippen molar-refractivity contribution in [1.29, 1.82) is 0 Å². The van der Waals surface area contributed by atoms with E-state index in [2.05, 4.69) is 15.4 Å². The quantitative estimate of drug-likeness (QED) is 0.547. The number of hydrogen-bond donors (Lipinski definition) is 0. The SMILES string of the molecule is O=C(Cc1noc2ccc(F)cc12)N1CCC(c2nnc3ccccn23)CC1. The molecule has 3 aromatic heterocycles. The van der Waals surface area contributed by atoms with Gasteiger partial charge in [-0.05, 0) is 43.2 Å². The van der Waals surface area contributed by atoms with Gasteiger partial charge in [-0.25, -0.2) is 4.39 Å². The number of nitrogens with zero attached hydrogens (tertiary/aromatic N) is 5. The number of rotatable bonds is 3. The van der Waals surface area contributed by atoms with Crippen LogP contribution in [0.3, 0.4) is 0 Å². The van der Waals surface area contributed by atoms with Crippen LogP contribution >= 0.6 is 0 Å². The molecule has 28 heavy (non-hydrogen) atoms. The van der Waals surface area contributed by atoms with E-state index in [4.69, 9.17) is 4.52 Å². The average molecular weight is 379 g/mol. The second kappa shape index (κ2) is 6.70. The van der Waals surface area contributed by atoms with Crippen molar-refractivity contribution < 1.29 is 13.7 Å². The van der Waals surface area contributed by atoms with Crippen molar-refractivity contribution in [3.05, 3.63) is 59.9 Å². The van der Waals surface area contributed by atoms with E-state index in [1.165, 1.54) is 18.2 Å². The molecule has 1 aliphatic heterocycles. The van der Waals surface area contributed by atoms with E-state index in [9.17, 15) is 9.18 Å². The predicted molar refractivity (Wildman–Crippen MR) is 99.2 cm³/mol. The van der Waals surface area contributed by atoms with Crippen LogP contribution in [0, 0.1) is 5.82 Å². The maximum absolute atomic E-state index is 13.5. The Bertz CT molecular complexity index is 1160. The van der Waals surface area contributed by atoms with Crippen LogP contribution in [0.1, 0.15) is 30.3 Å². The molecule has 1 aliphatic rings. The standard InChI is InChI=1S/C20H18FN5O2/c21-14-4-5-17-15(11-14)16(24-28-17)12-19(27)25-9-6-13(7-10-25)20-23-22-18-3-1-2-8-26(18)20/h1-5,8,11,13H,6-7,9-10,12H2. The van der Waals surface area contributed by atoms with Crippen LogP contribution in [-0.4, -0.2) is 43.7 Å². The zero-order chi connectivity index (χ0) is 19.1. The Hall–Kier alpha value is -3.29. The lowest BCUT2D eigenvalue weighted by Gasteiger charge is -2.31. The summed E-state index contributed by atoms with van der Waals surface area (Å²) in [6.45, 7) is 1.30. The van der Waals surface area contributed by atoms with Gasteiger partial charge in [0.25, 0.3) is 0 Å². The molecule has 8 heteroatoms. The highest BCUT2D eigenvalue weighted by atomic mass is 19.1. The van der Waals surface area contributed by atoms with Gasteiger partial charge in [-0.3, -0.25) is 9.20 Å². The average Bonchev–Trinajstić information content (AvgIpc) is 3.32. The highest BCUT2D eigenvalue weighted by molar-refractivity contribution is 5.86. The topological polar surface area (TPSA) is 76.5 Å². The van der Waals surface area contributed by atoms with E-state index in [-0.39, 0.29) is 24.1 Å². The Balaban J connectivity index is 1.27. The molecule has 0 N–H and O–H groups in total. The van der Waals surface area contributed by atoms with Crippen molar-refractivity contribution in [3.8, 4) is 0 Å². The molecule has 0 unspecified atom stereocenters. The maximum atomic E-state index is 13.5. The Labute approximate surface area is 159 Å². The first kappa shape index (κ1) is 16.9. The van der Waals surface area contributed by atoms with Crippen LogP contribution in [0.5, 0.6) is 0 Å². The molecule has 0 bridgehead atoms. The molecule has 0 spiro atoms. The van der Waals surface area contributed by atoms with Gasteiger partial charge >= 0.3 is 0 Å². The Kier molecular flexibility index (Phi) is 4.03. The molecule has 4 aromatic rings. The zero-order valence-electron chi connectivity index (χ0n) is 15.1. The summed E-state index contributed by atoms with van der Waals surface area (Å²) in [5.41, 5.74) is 1.80. The molecule has 0 atom stereocenters. The van der Waals surface area contributed by atoms with Gasteiger partial charge in [0.1, 0.15) is 17.3 Å². The number of halogens is 1. The lowest BCUT2D eigenvalue weighted by atomic mass is 9.95. The van der Waals surface area contributed by atoms with E-state index in [1.54, 1.807) is 0 Å². The van der Waals surface area contributed by atoms with Gasteiger partial charge in [-0.1, -0.05) is 11.2 Å². The van der Waals surface area contributed by atoms with Gasteiger partial charge in [0, 0.05) is 30.6 Å². The third kappa shape index (κ3) is 2.90. The minimum Gasteiger partial charge on any atom is -0.356 e. The number of likely N-dealkylation sites (tertiary alicyclic amines) is 1. The van der Waals surface area contributed by atoms with Gasteiger partial charge in [0.05, 0.1) is 6.42 Å². The van der Waals surface area contributed by atoms with Gasteiger partial charge in [-0.15, -0.1) is 10.2 Å². The van der Waals surface area contributed by atoms with Crippen LogP contribution in [0.2, 0.25) is 0 Å². The van der Waals surface area contributed by atoms with Crippen LogP contribution in [0.4, 0.5) is 4.39 Å². The fourth-order valence-electron chi connectivity index (χ4n) is 3.87. The first-order valence-corrected chi connectivity index (χ1v) is 9.30. The molecule has 7 nitrogen and oxygen atoms in total. The van der Waals surface area contributed by atoms with E-state index < -0.39 is 0 Å². The maximum Gasteiger partial charge on any atom is 0.228 e. The van der Waals surface area contributed by atoms with E-state index in [0.717, 1.165) is 24.3 Å². The summed E-state index contributed by atoms with van der Waals surface area (Å²) in [5.74, 6) is 0.818. The minimum absolute atomic E-state index is 0.0241. The molecular formula is C20H18FN5O2. The van der Waals surface area contributed by atoms with Crippen molar-refractivity contribution in [2.75, 3.05) is 13.1 Å². The van der Waals surface area contributed by atoms with Gasteiger partial charge in [-0.2, -0.15) is 0 Å². The molecule has 4 heterocycles. The van der Waals surface area contributed by atoms with Crippen molar-refractivity contribution in [3.63, 3.8) is 0 Å². The largest absolute Gasteiger partial charge is 0.356 e. The number of piperidine rings is 1. The van der Waals surface area contributed by atoms with Crippen LogP contribution in [0.25, 0.3) is 16.6 Å². The molecule has 0 radical (unpaired) electrons. The number of fused-ring (bicyclic) bond motifs is 2. The zero-order valence-corrected chi connectivity index (χ0v) is 15.1. The summed E-state index contributed by atoms with van der Waals surface area (Å²) < 4.78 is 20.7. The number of hydrogen-bond acceptors (Lipinski definition) is 5. The number of amides is 1. The summed E-state index contributed by atoms with van der Waals surface area (Å²) >= 11 is 0. The highest BCUT2D eigenvalue weighted by Gasteiger charge is 2.27. The number of carbonyl (C=O) groups is 1. The van der Waals surface area contributed by atoms with Crippen molar-refractivity contribution in [1.82, 2.24) is 24.7 Å². The third-order valence-corrected chi connectivity index (χ3v) is 5.38. The molecule has 1 amide bonds.